The van der Waals surface area contributed by atoms with E-state index in [0.717, 1.165) is 12.0 Å². The van der Waals surface area contributed by atoms with Gasteiger partial charge in [-0.25, -0.2) is 0 Å². The first-order valence-corrected chi connectivity index (χ1v) is 7.73. The van der Waals surface area contributed by atoms with Crippen LogP contribution in [0.3, 0.4) is 0 Å². The fourth-order valence-corrected chi connectivity index (χ4v) is 2.22. The van der Waals surface area contributed by atoms with Crippen molar-refractivity contribution in [2.24, 2.45) is 5.92 Å². The standard InChI is InChI=1S/C17H22F3NO3/c1-4-24-15(22)10-21(11-17(18,19)20)16(23)14-7-5-13(6-8-14)9-12(2)3/h5-8,12H,4,9-11H2,1-3H3. The van der Waals surface area contributed by atoms with Crippen molar-refractivity contribution in [3.05, 3.63) is 35.4 Å². The average molecular weight is 345 g/mol. The van der Waals surface area contributed by atoms with Gasteiger partial charge in [0, 0.05) is 5.56 Å². The lowest BCUT2D eigenvalue weighted by Gasteiger charge is -2.23. The number of carbonyl (C=O) groups is 2. The molecule has 0 fully saturated rings. The molecule has 0 aromatic heterocycles. The zero-order valence-electron chi connectivity index (χ0n) is 14.0. The number of esters is 1. The quantitative estimate of drug-likeness (QED) is 0.711. The van der Waals surface area contributed by atoms with E-state index in [9.17, 15) is 22.8 Å². The van der Waals surface area contributed by atoms with Gasteiger partial charge in [-0.15, -0.1) is 0 Å². The maximum atomic E-state index is 12.7. The summed E-state index contributed by atoms with van der Waals surface area (Å²) in [7, 11) is 0. The minimum atomic E-state index is -4.60. The van der Waals surface area contributed by atoms with Gasteiger partial charge in [0.25, 0.3) is 5.91 Å². The van der Waals surface area contributed by atoms with Crippen molar-refractivity contribution in [2.45, 2.75) is 33.4 Å². The van der Waals surface area contributed by atoms with E-state index >= 15 is 0 Å². The molecule has 0 saturated heterocycles. The second-order valence-electron chi connectivity index (χ2n) is 5.88. The summed E-state index contributed by atoms with van der Waals surface area (Å²) in [5.74, 6) is -1.29. The van der Waals surface area contributed by atoms with Gasteiger partial charge in [0.2, 0.25) is 0 Å². The lowest BCUT2D eigenvalue weighted by molar-refractivity contribution is -0.153. The molecule has 0 unspecified atom stereocenters. The molecule has 7 heteroatoms. The third-order valence-electron chi connectivity index (χ3n) is 3.13. The van der Waals surface area contributed by atoms with Crippen LogP contribution in [0.5, 0.6) is 0 Å². The second-order valence-corrected chi connectivity index (χ2v) is 5.88. The van der Waals surface area contributed by atoms with Gasteiger partial charge in [-0.05, 0) is 37.0 Å². The highest BCUT2D eigenvalue weighted by molar-refractivity contribution is 5.96. The molecule has 134 valence electrons. The maximum Gasteiger partial charge on any atom is 0.406 e. The Hall–Kier alpha value is -2.05. The number of alkyl halides is 3. The molecular formula is C17H22F3NO3. The van der Waals surface area contributed by atoms with Crippen LogP contribution < -0.4 is 0 Å². The predicted octanol–water partition coefficient (Wildman–Crippen LogP) is 3.45. The van der Waals surface area contributed by atoms with Gasteiger partial charge in [0.1, 0.15) is 13.1 Å². The van der Waals surface area contributed by atoms with Crippen LogP contribution in [0.2, 0.25) is 0 Å². The maximum absolute atomic E-state index is 12.7. The topological polar surface area (TPSA) is 46.6 Å². The smallest absolute Gasteiger partial charge is 0.406 e. The Morgan fingerprint density at radius 2 is 1.75 bits per heavy atom. The van der Waals surface area contributed by atoms with Crippen molar-refractivity contribution in [1.82, 2.24) is 4.90 Å². The van der Waals surface area contributed by atoms with E-state index in [1.165, 1.54) is 12.1 Å². The molecule has 1 rings (SSSR count). The van der Waals surface area contributed by atoms with E-state index in [4.69, 9.17) is 0 Å². The molecule has 1 aromatic rings. The highest BCUT2D eigenvalue weighted by Gasteiger charge is 2.34. The Morgan fingerprint density at radius 1 is 1.17 bits per heavy atom. The molecule has 1 aromatic carbocycles. The van der Waals surface area contributed by atoms with E-state index in [-0.39, 0.29) is 12.2 Å². The SMILES string of the molecule is CCOC(=O)CN(CC(F)(F)F)C(=O)c1ccc(CC(C)C)cc1. The van der Waals surface area contributed by atoms with E-state index in [0.29, 0.717) is 10.8 Å². The Labute approximate surface area is 139 Å². The van der Waals surface area contributed by atoms with Crippen LogP contribution in [-0.4, -0.2) is 42.6 Å². The van der Waals surface area contributed by atoms with Crippen molar-refractivity contribution in [3.8, 4) is 0 Å². The number of hydrogen-bond donors (Lipinski definition) is 0. The molecule has 0 aliphatic heterocycles. The number of halogens is 3. The number of amides is 1. The molecule has 24 heavy (non-hydrogen) atoms. The minimum Gasteiger partial charge on any atom is -0.465 e. The summed E-state index contributed by atoms with van der Waals surface area (Å²) in [4.78, 5) is 24.2. The van der Waals surface area contributed by atoms with Crippen LogP contribution >= 0.6 is 0 Å². The largest absolute Gasteiger partial charge is 0.465 e. The third kappa shape index (κ3) is 7.02. The molecule has 1 amide bonds. The number of nitrogens with zero attached hydrogens (tertiary/aromatic N) is 1. The van der Waals surface area contributed by atoms with Crippen molar-refractivity contribution in [1.29, 1.82) is 0 Å². The number of hydrogen-bond acceptors (Lipinski definition) is 3. The van der Waals surface area contributed by atoms with Gasteiger partial charge < -0.3 is 9.64 Å². The van der Waals surface area contributed by atoms with E-state index in [1.54, 1.807) is 19.1 Å². The van der Waals surface area contributed by atoms with Gasteiger partial charge in [0.05, 0.1) is 6.61 Å². The second kappa shape index (κ2) is 8.70. The van der Waals surface area contributed by atoms with Gasteiger partial charge in [0.15, 0.2) is 0 Å². The lowest BCUT2D eigenvalue weighted by atomic mass is 10.0. The molecule has 0 heterocycles. The first-order valence-electron chi connectivity index (χ1n) is 7.73. The fraction of sp³-hybridized carbons (Fsp3) is 0.529. The van der Waals surface area contributed by atoms with E-state index in [1.807, 2.05) is 13.8 Å². The monoisotopic (exact) mass is 345 g/mol. The van der Waals surface area contributed by atoms with Crippen LogP contribution in [0, 0.1) is 5.92 Å². The van der Waals surface area contributed by atoms with E-state index in [2.05, 4.69) is 4.74 Å². The highest BCUT2D eigenvalue weighted by Crippen LogP contribution is 2.19. The van der Waals surface area contributed by atoms with Crippen LogP contribution in [0.25, 0.3) is 0 Å². The van der Waals surface area contributed by atoms with Crippen LogP contribution in [0.1, 0.15) is 36.7 Å². The van der Waals surface area contributed by atoms with Gasteiger partial charge in [-0.1, -0.05) is 26.0 Å². The normalized spacial score (nSPS) is 11.5. The summed E-state index contributed by atoms with van der Waals surface area (Å²) in [5, 5.41) is 0. The zero-order chi connectivity index (χ0) is 18.3. The molecule has 0 spiro atoms. The van der Waals surface area contributed by atoms with Gasteiger partial charge in [-0.3, -0.25) is 9.59 Å². The van der Waals surface area contributed by atoms with Crippen molar-refractivity contribution in [2.75, 3.05) is 19.7 Å². The van der Waals surface area contributed by atoms with Crippen LogP contribution in [0.4, 0.5) is 13.2 Å². The summed E-state index contributed by atoms with van der Waals surface area (Å²) in [6.07, 6.45) is -3.79. The lowest BCUT2D eigenvalue weighted by Crippen LogP contribution is -2.42. The first kappa shape index (κ1) is 20.0. The summed E-state index contributed by atoms with van der Waals surface area (Å²) in [6, 6.07) is 6.38. The number of ether oxygens (including phenoxy) is 1. The summed E-state index contributed by atoms with van der Waals surface area (Å²) in [6.45, 7) is 3.43. The Bertz CT molecular complexity index is 553. The van der Waals surface area contributed by atoms with Crippen molar-refractivity contribution in [3.63, 3.8) is 0 Å². The van der Waals surface area contributed by atoms with Gasteiger partial charge >= 0.3 is 12.1 Å². The molecule has 0 aliphatic rings. The number of rotatable bonds is 7. The average Bonchev–Trinajstić information content (AvgIpc) is 2.45. The van der Waals surface area contributed by atoms with Gasteiger partial charge in [-0.2, -0.15) is 13.2 Å². The Morgan fingerprint density at radius 3 is 2.21 bits per heavy atom. The summed E-state index contributed by atoms with van der Waals surface area (Å²) in [5.41, 5.74) is 1.10. The minimum absolute atomic E-state index is 0.0385. The van der Waals surface area contributed by atoms with Crippen LogP contribution in [0.15, 0.2) is 24.3 Å². The molecule has 0 aliphatic carbocycles. The summed E-state index contributed by atoms with van der Waals surface area (Å²) < 4.78 is 42.7. The predicted molar refractivity (Wildman–Crippen MR) is 83.6 cm³/mol. The molecule has 0 bridgehead atoms. The molecular weight excluding hydrogens is 323 g/mol. The molecule has 0 N–H and O–H groups in total. The Balaban J connectivity index is 2.91. The number of carbonyl (C=O) groups excluding carboxylic acids is 2. The van der Waals surface area contributed by atoms with Crippen molar-refractivity contribution >= 4 is 11.9 Å². The molecule has 0 radical (unpaired) electrons. The molecule has 4 nitrogen and oxygen atoms in total. The van der Waals surface area contributed by atoms with Crippen molar-refractivity contribution < 1.29 is 27.5 Å². The number of benzene rings is 1. The third-order valence-corrected chi connectivity index (χ3v) is 3.13. The zero-order valence-corrected chi connectivity index (χ0v) is 14.0. The molecule has 0 saturated carbocycles. The summed E-state index contributed by atoms with van der Waals surface area (Å²) >= 11 is 0. The van der Waals surface area contributed by atoms with E-state index < -0.39 is 31.1 Å². The van der Waals surface area contributed by atoms with Crippen LogP contribution in [-0.2, 0) is 16.0 Å². The Kier molecular flexibility index (Phi) is 7.25. The molecule has 0 atom stereocenters. The fourth-order valence-electron chi connectivity index (χ4n) is 2.22. The highest BCUT2D eigenvalue weighted by atomic mass is 19.4. The first-order chi connectivity index (χ1) is 11.1.